The largest absolute Gasteiger partial charge is 0.479 e. The molecule has 7 heteroatoms. The van der Waals surface area contributed by atoms with Gasteiger partial charge < -0.3 is 19.5 Å². The number of ether oxygens (including phenoxy) is 2. The lowest BCUT2D eigenvalue weighted by Crippen LogP contribution is -2.46. The Kier molecular flexibility index (Phi) is 4.55. The number of likely N-dealkylation sites (tertiary alicyclic amines) is 1. The Bertz CT molecular complexity index is 662. The van der Waals surface area contributed by atoms with Gasteiger partial charge in [0.15, 0.2) is 18.0 Å². The zero-order valence-electron chi connectivity index (χ0n) is 13.6. The highest BCUT2D eigenvalue weighted by atomic mass is 35.5. The maximum absolute atomic E-state index is 12.9. The summed E-state index contributed by atoms with van der Waals surface area (Å²) in [7, 11) is 0. The topological polar surface area (TPSA) is 76.1 Å². The molecule has 3 atom stereocenters. The van der Waals surface area contributed by atoms with Gasteiger partial charge in [-0.2, -0.15) is 0 Å². The number of hydrogen-bond donors (Lipinski definition) is 1. The van der Waals surface area contributed by atoms with Crippen LogP contribution >= 0.6 is 11.6 Å². The van der Waals surface area contributed by atoms with Gasteiger partial charge in [0.05, 0.1) is 6.04 Å². The Morgan fingerprint density at radius 1 is 1.29 bits per heavy atom. The van der Waals surface area contributed by atoms with Crippen LogP contribution in [-0.2, 0) is 19.1 Å². The number of amides is 1. The Balaban J connectivity index is 1.84. The molecule has 2 fully saturated rings. The summed E-state index contributed by atoms with van der Waals surface area (Å²) in [5, 5.41) is 9.94. The van der Waals surface area contributed by atoms with Gasteiger partial charge in [0.1, 0.15) is 0 Å². The first-order valence-electron chi connectivity index (χ1n) is 7.93. The summed E-state index contributed by atoms with van der Waals surface area (Å²) in [6.07, 6.45) is -0.788. The minimum Gasteiger partial charge on any atom is -0.479 e. The molecule has 6 nitrogen and oxygen atoms in total. The fraction of sp³-hybridized carbons (Fsp3) is 0.529. The van der Waals surface area contributed by atoms with Gasteiger partial charge in [0.25, 0.3) is 5.91 Å². The fourth-order valence-corrected chi connectivity index (χ4v) is 3.58. The maximum Gasteiger partial charge on any atom is 0.336 e. The third-order valence-corrected chi connectivity index (χ3v) is 4.59. The van der Waals surface area contributed by atoms with Gasteiger partial charge in [0, 0.05) is 11.6 Å². The molecule has 2 aliphatic rings. The van der Waals surface area contributed by atoms with E-state index in [-0.39, 0.29) is 11.9 Å². The zero-order valence-corrected chi connectivity index (χ0v) is 14.3. The van der Waals surface area contributed by atoms with Crippen LogP contribution in [0.25, 0.3) is 0 Å². The average molecular weight is 354 g/mol. The van der Waals surface area contributed by atoms with E-state index in [4.69, 9.17) is 21.1 Å². The predicted molar refractivity (Wildman–Crippen MR) is 86.6 cm³/mol. The van der Waals surface area contributed by atoms with Crippen molar-refractivity contribution in [2.75, 3.05) is 6.54 Å². The molecule has 1 unspecified atom stereocenters. The standard InChI is InChI=1S/C17H20ClNO5/c1-17(2)23-13(14(24-17)16(21)22)15(20)19-8-4-7-12(19)10-5-3-6-11(18)9-10/h3,5-6,9,12-14H,4,7-8H2,1-2H3,(H,21,22)/t12?,13-,14-/m1/s1. The summed E-state index contributed by atoms with van der Waals surface area (Å²) >= 11 is 6.05. The van der Waals surface area contributed by atoms with E-state index >= 15 is 0 Å². The number of halogens is 1. The molecule has 0 aromatic heterocycles. The van der Waals surface area contributed by atoms with Crippen LogP contribution in [0.2, 0.25) is 5.02 Å². The van der Waals surface area contributed by atoms with Crippen molar-refractivity contribution >= 4 is 23.5 Å². The van der Waals surface area contributed by atoms with Crippen molar-refractivity contribution < 1.29 is 24.2 Å². The van der Waals surface area contributed by atoms with Gasteiger partial charge in [-0.3, -0.25) is 4.79 Å². The van der Waals surface area contributed by atoms with E-state index < -0.39 is 24.0 Å². The number of carboxylic acids is 1. The van der Waals surface area contributed by atoms with Crippen LogP contribution in [0.3, 0.4) is 0 Å². The number of carbonyl (C=O) groups is 2. The van der Waals surface area contributed by atoms with Crippen molar-refractivity contribution in [3.05, 3.63) is 34.9 Å². The third-order valence-electron chi connectivity index (χ3n) is 4.35. The van der Waals surface area contributed by atoms with Crippen molar-refractivity contribution in [1.29, 1.82) is 0 Å². The smallest absolute Gasteiger partial charge is 0.336 e. The highest BCUT2D eigenvalue weighted by molar-refractivity contribution is 6.30. The van der Waals surface area contributed by atoms with E-state index in [1.165, 1.54) is 0 Å². The van der Waals surface area contributed by atoms with Crippen molar-refractivity contribution in [3.63, 3.8) is 0 Å². The first-order chi connectivity index (χ1) is 11.3. The molecule has 1 aromatic carbocycles. The first-order valence-corrected chi connectivity index (χ1v) is 8.31. The SMILES string of the molecule is CC1(C)O[C@@H](C(=O)O)[C@H](C(=O)N2CCCC2c2cccc(Cl)c2)O1. The van der Waals surface area contributed by atoms with Crippen LogP contribution in [0.15, 0.2) is 24.3 Å². The summed E-state index contributed by atoms with van der Waals surface area (Å²) < 4.78 is 11.0. The second-order valence-corrected chi connectivity index (χ2v) is 7.00. The van der Waals surface area contributed by atoms with Crippen LogP contribution in [0.1, 0.15) is 38.3 Å². The molecular formula is C17H20ClNO5. The zero-order chi connectivity index (χ0) is 17.5. The number of hydrogen-bond acceptors (Lipinski definition) is 4. The molecule has 0 radical (unpaired) electrons. The fourth-order valence-electron chi connectivity index (χ4n) is 3.38. The molecule has 0 spiro atoms. The Labute approximate surface area is 145 Å². The highest BCUT2D eigenvalue weighted by Crippen LogP contribution is 2.36. The van der Waals surface area contributed by atoms with Gasteiger partial charge in [-0.1, -0.05) is 23.7 Å². The van der Waals surface area contributed by atoms with Crippen LogP contribution < -0.4 is 0 Å². The highest BCUT2D eigenvalue weighted by Gasteiger charge is 2.51. The van der Waals surface area contributed by atoms with E-state index in [2.05, 4.69) is 0 Å². The van der Waals surface area contributed by atoms with Crippen molar-refractivity contribution in [2.45, 2.75) is 50.7 Å². The molecule has 1 amide bonds. The monoisotopic (exact) mass is 353 g/mol. The number of carbonyl (C=O) groups excluding carboxylic acids is 1. The van der Waals surface area contributed by atoms with E-state index in [0.717, 1.165) is 18.4 Å². The summed E-state index contributed by atoms with van der Waals surface area (Å²) in [4.78, 5) is 26.0. The van der Waals surface area contributed by atoms with Crippen LogP contribution in [0.5, 0.6) is 0 Å². The van der Waals surface area contributed by atoms with Crippen molar-refractivity contribution in [1.82, 2.24) is 4.90 Å². The molecule has 1 aromatic rings. The minimum absolute atomic E-state index is 0.127. The molecule has 0 saturated carbocycles. The average Bonchev–Trinajstić information content (AvgIpc) is 3.10. The van der Waals surface area contributed by atoms with Crippen LogP contribution in [0.4, 0.5) is 0 Å². The molecule has 24 heavy (non-hydrogen) atoms. The molecule has 1 N–H and O–H groups in total. The van der Waals surface area contributed by atoms with Gasteiger partial charge >= 0.3 is 5.97 Å². The molecule has 3 rings (SSSR count). The van der Waals surface area contributed by atoms with Crippen LogP contribution in [-0.4, -0.2) is 46.4 Å². The molecule has 0 aliphatic carbocycles. The lowest BCUT2D eigenvalue weighted by atomic mass is 10.0. The van der Waals surface area contributed by atoms with E-state index in [1.54, 1.807) is 24.8 Å². The maximum atomic E-state index is 12.9. The summed E-state index contributed by atoms with van der Waals surface area (Å²) in [5.74, 6) is -2.65. The second-order valence-electron chi connectivity index (χ2n) is 6.56. The van der Waals surface area contributed by atoms with Crippen molar-refractivity contribution in [2.24, 2.45) is 0 Å². The normalized spacial score (nSPS) is 29.0. The van der Waals surface area contributed by atoms with Gasteiger partial charge in [-0.05, 0) is 44.4 Å². The summed E-state index contributed by atoms with van der Waals surface area (Å²) in [5.41, 5.74) is 0.943. The minimum atomic E-state index is -1.30. The molecule has 2 saturated heterocycles. The number of aliphatic carboxylic acids is 1. The molecular weight excluding hydrogens is 334 g/mol. The number of benzene rings is 1. The Hall–Kier alpha value is -1.63. The van der Waals surface area contributed by atoms with E-state index in [0.29, 0.717) is 11.6 Å². The second kappa shape index (κ2) is 6.35. The number of carboxylic acid groups (broad SMARTS) is 1. The number of nitrogens with zero attached hydrogens (tertiary/aromatic N) is 1. The summed E-state index contributed by atoms with van der Waals surface area (Å²) in [6.45, 7) is 3.77. The van der Waals surface area contributed by atoms with Crippen molar-refractivity contribution in [3.8, 4) is 0 Å². The lowest BCUT2D eigenvalue weighted by molar-refractivity contribution is -0.167. The third kappa shape index (κ3) is 3.27. The number of rotatable bonds is 3. The molecule has 130 valence electrons. The summed E-state index contributed by atoms with van der Waals surface area (Å²) in [6, 6.07) is 7.26. The van der Waals surface area contributed by atoms with E-state index in [1.807, 2.05) is 18.2 Å². The van der Waals surface area contributed by atoms with E-state index in [9.17, 15) is 14.7 Å². The molecule has 2 aliphatic heterocycles. The Morgan fingerprint density at radius 3 is 2.67 bits per heavy atom. The first kappa shape index (κ1) is 17.2. The van der Waals surface area contributed by atoms with Crippen LogP contribution in [0, 0.1) is 0 Å². The molecule has 0 bridgehead atoms. The molecule has 2 heterocycles. The quantitative estimate of drug-likeness (QED) is 0.904. The van der Waals surface area contributed by atoms with Gasteiger partial charge in [-0.25, -0.2) is 4.79 Å². The van der Waals surface area contributed by atoms with Gasteiger partial charge in [0.2, 0.25) is 0 Å². The lowest BCUT2D eigenvalue weighted by Gasteiger charge is -2.28. The Morgan fingerprint density at radius 2 is 2.00 bits per heavy atom. The van der Waals surface area contributed by atoms with Gasteiger partial charge in [-0.15, -0.1) is 0 Å². The predicted octanol–water partition coefficient (Wildman–Crippen LogP) is 2.61.